The normalized spacial score (nSPS) is 12.9. The lowest BCUT2D eigenvalue weighted by Gasteiger charge is -2.01. The number of hydrogen-bond donors (Lipinski definition) is 1. The quantitative estimate of drug-likeness (QED) is 0.840. The van der Waals surface area contributed by atoms with Crippen LogP contribution in [0.5, 0.6) is 0 Å². The average molecular weight is 221 g/mol. The Hall–Kier alpha value is -1.69. The van der Waals surface area contributed by atoms with Gasteiger partial charge in [-0.1, -0.05) is 18.5 Å². The molecule has 6 nitrogen and oxygen atoms in total. The van der Waals surface area contributed by atoms with Gasteiger partial charge < -0.3 is 10.3 Å². The van der Waals surface area contributed by atoms with Gasteiger partial charge in [0, 0.05) is 13.2 Å². The van der Waals surface area contributed by atoms with E-state index in [0.717, 1.165) is 12.8 Å². The van der Waals surface area contributed by atoms with Crippen molar-refractivity contribution in [2.75, 3.05) is 0 Å². The summed E-state index contributed by atoms with van der Waals surface area (Å²) in [6, 6.07) is 1.65. The predicted molar refractivity (Wildman–Crippen MR) is 58.3 cm³/mol. The second-order valence-electron chi connectivity index (χ2n) is 3.73. The van der Waals surface area contributed by atoms with Crippen LogP contribution < -0.4 is 5.73 Å². The molecule has 0 spiro atoms. The Morgan fingerprint density at radius 2 is 2.38 bits per heavy atom. The Bertz CT molecular complexity index is 461. The molecule has 0 amide bonds. The second-order valence-corrected chi connectivity index (χ2v) is 3.73. The van der Waals surface area contributed by atoms with Crippen LogP contribution in [-0.2, 0) is 7.05 Å². The summed E-state index contributed by atoms with van der Waals surface area (Å²) in [4.78, 5) is 4.23. The molecule has 2 heterocycles. The van der Waals surface area contributed by atoms with Gasteiger partial charge in [0.2, 0.25) is 11.7 Å². The van der Waals surface area contributed by atoms with E-state index in [9.17, 15) is 0 Å². The molecule has 0 unspecified atom stereocenters. The van der Waals surface area contributed by atoms with Crippen molar-refractivity contribution < 1.29 is 4.52 Å². The first-order chi connectivity index (χ1) is 7.70. The minimum atomic E-state index is -0.185. The first kappa shape index (κ1) is 10.8. The minimum absolute atomic E-state index is 0.185. The van der Waals surface area contributed by atoms with Gasteiger partial charge in [0.05, 0.1) is 6.04 Å². The van der Waals surface area contributed by atoms with Gasteiger partial charge in [-0.3, -0.25) is 4.68 Å². The Morgan fingerprint density at radius 3 is 3.00 bits per heavy atom. The average Bonchev–Trinajstić information content (AvgIpc) is 2.85. The minimum Gasteiger partial charge on any atom is -0.337 e. The first-order valence-electron chi connectivity index (χ1n) is 5.30. The molecule has 0 saturated carbocycles. The van der Waals surface area contributed by atoms with Crippen LogP contribution in [0.25, 0.3) is 11.5 Å². The first-order valence-corrected chi connectivity index (χ1v) is 5.30. The second kappa shape index (κ2) is 4.44. The molecule has 2 aromatic heterocycles. The molecule has 0 bridgehead atoms. The van der Waals surface area contributed by atoms with E-state index < -0.39 is 0 Å². The zero-order valence-corrected chi connectivity index (χ0v) is 9.42. The number of rotatable bonds is 4. The Labute approximate surface area is 93.4 Å². The van der Waals surface area contributed by atoms with Crippen molar-refractivity contribution in [1.29, 1.82) is 0 Å². The molecular weight excluding hydrogens is 206 g/mol. The van der Waals surface area contributed by atoms with Crippen molar-refractivity contribution in [3.8, 4) is 11.5 Å². The molecule has 0 aliphatic carbocycles. The van der Waals surface area contributed by atoms with Crippen LogP contribution in [0, 0.1) is 0 Å². The topological polar surface area (TPSA) is 82.8 Å². The van der Waals surface area contributed by atoms with Gasteiger partial charge in [-0.15, -0.1) is 0 Å². The van der Waals surface area contributed by atoms with E-state index in [4.69, 9.17) is 10.3 Å². The highest BCUT2D eigenvalue weighted by molar-refractivity contribution is 5.46. The number of aryl methyl sites for hydroxylation is 1. The Morgan fingerprint density at radius 1 is 1.56 bits per heavy atom. The summed E-state index contributed by atoms with van der Waals surface area (Å²) in [6.45, 7) is 2.07. The SMILES string of the molecule is CCC[C@@H](N)c1nc(-c2ccn(C)n2)no1. The van der Waals surface area contributed by atoms with Crippen LogP contribution in [0.2, 0.25) is 0 Å². The third-order valence-electron chi connectivity index (χ3n) is 2.30. The fourth-order valence-electron chi connectivity index (χ4n) is 1.46. The van der Waals surface area contributed by atoms with Crippen molar-refractivity contribution in [2.45, 2.75) is 25.8 Å². The van der Waals surface area contributed by atoms with Gasteiger partial charge in [-0.2, -0.15) is 10.1 Å². The summed E-state index contributed by atoms with van der Waals surface area (Å²) in [6.07, 6.45) is 3.66. The monoisotopic (exact) mass is 221 g/mol. The van der Waals surface area contributed by atoms with Crippen molar-refractivity contribution in [1.82, 2.24) is 19.9 Å². The Balaban J connectivity index is 2.19. The maximum Gasteiger partial charge on any atom is 0.243 e. The number of aromatic nitrogens is 4. The van der Waals surface area contributed by atoms with Gasteiger partial charge >= 0.3 is 0 Å². The molecule has 0 radical (unpaired) electrons. The summed E-state index contributed by atoms with van der Waals surface area (Å²) in [5.74, 6) is 0.963. The van der Waals surface area contributed by atoms with E-state index in [1.165, 1.54) is 0 Å². The van der Waals surface area contributed by atoms with E-state index in [0.29, 0.717) is 17.4 Å². The van der Waals surface area contributed by atoms with Crippen LogP contribution in [0.1, 0.15) is 31.7 Å². The maximum absolute atomic E-state index is 5.88. The number of nitrogens with two attached hydrogens (primary N) is 1. The number of hydrogen-bond acceptors (Lipinski definition) is 5. The van der Waals surface area contributed by atoms with Crippen LogP contribution in [0.4, 0.5) is 0 Å². The summed E-state index contributed by atoms with van der Waals surface area (Å²) in [5, 5.41) is 8.05. The lowest BCUT2D eigenvalue weighted by Crippen LogP contribution is -2.09. The van der Waals surface area contributed by atoms with Crippen molar-refractivity contribution in [3.63, 3.8) is 0 Å². The van der Waals surface area contributed by atoms with E-state index in [1.54, 1.807) is 4.68 Å². The van der Waals surface area contributed by atoms with E-state index in [2.05, 4.69) is 22.2 Å². The smallest absolute Gasteiger partial charge is 0.243 e. The number of nitrogens with zero attached hydrogens (tertiary/aromatic N) is 4. The van der Waals surface area contributed by atoms with Crippen molar-refractivity contribution >= 4 is 0 Å². The van der Waals surface area contributed by atoms with E-state index in [-0.39, 0.29) is 6.04 Å². The summed E-state index contributed by atoms with van der Waals surface area (Å²) >= 11 is 0. The highest BCUT2D eigenvalue weighted by Gasteiger charge is 2.15. The van der Waals surface area contributed by atoms with Gasteiger partial charge in [-0.05, 0) is 12.5 Å². The third kappa shape index (κ3) is 2.11. The Kier molecular flexibility index (Phi) is 3.00. The fourth-order valence-corrected chi connectivity index (χ4v) is 1.46. The molecule has 0 saturated heterocycles. The molecule has 0 aliphatic heterocycles. The molecule has 1 atom stereocenters. The van der Waals surface area contributed by atoms with Crippen molar-refractivity contribution in [2.24, 2.45) is 12.8 Å². The maximum atomic E-state index is 5.88. The van der Waals surface area contributed by atoms with Gasteiger partial charge in [0.1, 0.15) is 5.69 Å². The lowest BCUT2D eigenvalue weighted by molar-refractivity contribution is 0.348. The van der Waals surface area contributed by atoms with Gasteiger partial charge in [0.25, 0.3) is 0 Å². The van der Waals surface area contributed by atoms with E-state index >= 15 is 0 Å². The molecule has 2 rings (SSSR count). The van der Waals surface area contributed by atoms with Gasteiger partial charge in [-0.25, -0.2) is 0 Å². The van der Waals surface area contributed by atoms with Crippen molar-refractivity contribution in [3.05, 3.63) is 18.2 Å². The van der Waals surface area contributed by atoms with Crippen LogP contribution in [0.15, 0.2) is 16.8 Å². The zero-order chi connectivity index (χ0) is 11.5. The van der Waals surface area contributed by atoms with Crippen LogP contribution >= 0.6 is 0 Å². The largest absolute Gasteiger partial charge is 0.337 e. The summed E-state index contributed by atoms with van der Waals surface area (Å²) < 4.78 is 6.80. The standard InChI is InChI=1S/C10H15N5O/c1-3-4-7(11)10-12-9(14-16-10)8-5-6-15(2)13-8/h5-7H,3-4,11H2,1-2H3/t7-/m1/s1. The molecule has 0 aliphatic rings. The summed E-state index contributed by atoms with van der Waals surface area (Å²) in [7, 11) is 1.84. The molecule has 16 heavy (non-hydrogen) atoms. The predicted octanol–water partition coefficient (Wildman–Crippen LogP) is 1.27. The van der Waals surface area contributed by atoms with Crippen LogP contribution in [0.3, 0.4) is 0 Å². The molecule has 0 fully saturated rings. The molecule has 2 N–H and O–H groups in total. The molecule has 0 aromatic carbocycles. The molecule has 6 heteroatoms. The zero-order valence-electron chi connectivity index (χ0n) is 9.42. The molecule has 86 valence electrons. The van der Waals surface area contributed by atoms with Crippen LogP contribution in [-0.4, -0.2) is 19.9 Å². The summed E-state index contributed by atoms with van der Waals surface area (Å²) in [5.41, 5.74) is 6.58. The third-order valence-corrected chi connectivity index (χ3v) is 2.30. The lowest BCUT2D eigenvalue weighted by atomic mass is 10.2. The molecule has 2 aromatic rings. The highest BCUT2D eigenvalue weighted by Crippen LogP contribution is 2.18. The van der Waals surface area contributed by atoms with E-state index in [1.807, 2.05) is 19.3 Å². The molecular formula is C10H15N5O. The van der Waals surface area contributed by atoms with Gasteiger partial charge in [0.15, 0.2) is 0 Å². The fraction of sp³-hybridized carbons (Fsp3) is 0.500. The highest BCUT2D eigenvalue weighted by atomic mass is 16.5.